The number of hydrogen-bond acceptors (Lipinski definition) is 3. The average molecular weight is 319 g/mol. The summed E-state index contributed by atoms with van der Waals surface area (Å²) < 4.78 is 13.9. The zero-order valence-corrected chi connectivity index (χ0v) is 12.8. The summed E-state index contributed by atoms with van der Waals surface area (Å²) >= 11 is 7.28. The summed E-state index contributed by atoms with van der Waals surface area (Å²) in [5.74, 6) is -0.260. The van der Waals surface area contributed by atoms with Crippen molar-refractivity contribution in [2.45, 2.75) is 6.92 Å². The largest absolute Gasteiger partial charge is 0.332 e. The van der Waals surface area contributed by atoms with Crippen molar-refractivity contribution < 1.29 is 4.39 Å². The lowest BCUT2D eigenvalue weighted by Gasteiger charge is -2.03. The summed E-state index contributed by atoms with van der Waals surface area (Å²) in [4.78, 5) is 4.43. The number of hydrogen-bond donors (Lipinski definition) is 1. The van der Waals surface area contributed by atoms with Gasteiger partial charge in [0.2, 0.25) is 0 Å². The maximum atomic E-state index is 13.9. The van der Waals surface area contributed by atoms with E-state index in [4.69, 9.17) is 11.6 Å². The Morgan fingerprint density at radius 1 is 1.14 bits per heavy atom. The minimum atomic E-state index is -0.260. The average Bonchev–Trinajstić information content (AvgIpc) is 2.92. The summed E-state index contributed by atoms with van der Waals surface area (Å²) in [6, 6.07) is 12.4. The van der Waals surface area contributed by atoms with E-state index in [9.17, 15) is 4.39 Å². The van der Waals surface area contributed by atoms with Gasteiger partial charge in [-0.05, 0) is 43.3 Å². The van der Waals surface area contributed by atoms with Crippen molar-refractivity contribution in [3.05, 3.63) is 64.2 Å². The Balaban J connectivity index is 1.86. The van der Waals surface area contributed by atoms with E-state index in [0.29, 0.717) is 21.4 Å². The third kappa shape index (κ3) is 3.23. The highest BCUT2D eigenvalue weighted by Crippen LogP contribution is 2.29. The number of nitrogens with zero attached hydrogens (tertiary/aromatic N) is 1. The first-order chi connectivity index (χ1) is 10.1. The van der Waals surface area contributed by atoms with Gasteiger partial charge in [-0.25, -0.2) is 9.37 Å². The van der Waals surface area contributed by atoms with Gasteiger partial charge in [0, 0.05) is 21.7 Å². The predicted octanol–water partition coefficient (Wildman–Crippen LogP) is 5.65. The van der Waals surface area contributed by atoms with Gasteiger partial charge in [0.25, 0.3) is 0 Å². The minimum Gasteiger partial charge on any atom is -0.332 e. The van der Waals surface area contributed by atoms with Crippen LogP contribution in [0.4, 0.5) is 15.2 Å². The molecular formula is C16H12ClFN2S. The molecule has 0 atom stereocenters. The first-order valence-electron chi connectivity index (χ1n) is 6.36. The number of rotatable bonds is 3. The van der Waals surface area contributed by atoms with Crippen LogP contribution in [0.5, 0.6) is 0 Å². The molecule has 0 fully saturated rings. The number of aryl methyl sites for hydroxylation is 1. The van der Waals surface area contributed by atoms with Crippen LogP contribution >= 0.6 is 22.9 Å². The van der Waals surface area contributed by atoms with Crippen LogP contribution < -0.4 is 5.32 Å². The SMILES string of the molecule is Cc1ccc(F)c(-c2csc(Nc3ccc(Cl)cc3)n2)c1. The molecule has 1 aromatic heterocycles. The first kappa shape index (κ1) is 14.0. The second kappa shape index (κ2) is 5.84. The van der Waals surface area contributed by atoms with Crippen LogP contribution in [-0.4, -0.2) is 4.98 Å². The lowest BCUT2D eigenvalue weighted by Crippen LogP contribution is -1.90. The molecule has 106 valence electrons. The van der Waals surface area contributed by atoms with Crippen molar-refractivity contribution in [1.29, 1.82) is 0 Å². The van der Waals surface area contributed by atoms with Gasteiger partial charge in [0.15, 0.2) is 5.13 Å². The Kier molecular flexibility index (Phi) is 3.90. The van der Waals surface area contributed by atoms with Crippen LogP contribution in [0.2, 0.25) is 5.02 Å². The molecule has 0 radical (unpaired) electrons. The highest BCUT2D eigenvalue weighted by Gasteiger charge is 2.10. The Labute approximate surface area is 131 Å². The first-order valence-corrected chi connectivity index (χ1v) is 7.62. The molecule has 1 N–H and O–H groups in total. The third-order valence-corrected chi connectivity index (χ3v) is 4.01. The molecule has 1 heterocycles. The van der Waals surface area contributed by atoms with Crippen LogP contribution in [0.25, 0.3) is 11.3 Å². The fourth-order valence-corrected chi connectivity index (χ4v) is 2.80. The summed E-state index contributed by atoms with van der Waals surface area (Å²) in [6.07, 6.45) is 0. The highest BCUT2D eigenvalue weighted by atomic mass is 35.5. The van der Waals surface area contributed by atoms with Crippen LogP contribution in [0.1, 0.15) is 5.56 Å². The highest BCUT2D eigenvalue weighted by molar-refractivity contribution is 7.14. The van der Waals surface area contributed by atoms with Gasteiger partial charge >= 0.3 is 0 Å². The van der Waals surface area contributed by atoms with E-state index in [1.807, 2.05) is 24.4 Å². The molecule has 0 amide bonds. The van der Waals surface area contributed by atoms with E-state index in [1.165, 1.54) is 17.4 Å². The molecule has 2 nitrogen and oxygen atoms in total. The molecular weight excluding hydrogens is 307 g/mol. The summed E-state index contributed by atoms with van der Waals surface area (Å²) in [7, 11) is 0. The fourth-order valence-electron chi connectivity index (χ4n) is 1.95. The monoisotopic (exact) mass is 318 g/mol. The number of aromatic nitrogens is 1. The van der Waals surface area contributed by atoms with E-state index in [1.54, 1.807) is 24.3 Å². The molecule has 3 aromatic rings. The Bertz CT molecular complexity index is 768. The van der Waals surface area contributed by atoms with Gasteiger partial charge in [-0.2, -0.15) is 0 Å². The lowest BCUT2D eigenvalue weighted by molar-refractivity contribution is 0.630. The van der Waals surface area contributed by atoms with Crippen molar-refractivity contribution in [3.63, 3.8) is 0 Å². The minimum absolute atomic E-state index is 0.260. The van der Waals surface area contributed by atoms with E-state index >= 15 is 0 Å². The maximum Gasteiger partial charge on any atom is 0.187 e. The predicted molar refractivity (Wildman–Crippen MR) is 87.0 cm³/mol. The number of anilines is 2. The number of thiazole rings is 1. The van der Waals surface area contributed by atoms with Crippen LogP contribution in [0.3, 0.4) is 0 Å². The molecule has 0 aliphatic carbocycles. The summed E-state index contributed by atoms with van der Waals surface area (Å²) in [5.41, 5.74) is 3.06. The topological polar surface area (TPSA) is 24.9 Å². The second-order valence-corrected chi connectivity index (χ2v) is 5.95. The van der Waals surface area contributed by atoms with Gasteiger partial charge in [-0.3, -0.25) is 0 Å². The molecule has 0 spiro atoms. The van der Waals surface area contributed by atoms with Crippen molar-refractivity contribution in [3.8, 4) is 11.3 Å². The van der Waals surface area contributed by atoms with Crippen LogP contribution in [0.15, 0.2) is 47.8 Å². The van der Waals surface area contributed by atoms with Gasteiger partial charge < -0.3 is 5.32 Å². The standard InChI is InChI=1S/C16H12ClFN2S/c1-10-2-7-14(18)13(8-10)15-9-21-16(20-15)19-12-5-3-11(17)4-6-12/h2-9H,1H3,(H,19,20). The summed E-state index contributed by atoms with van der Waals surface area (Å²) in [6.45, 7) is 1.93. The van der Waals surface area contributed by atoms with Gasteiger partial charge in [0.05, 0.1) is 5.69 Å². The fraction of sp³-hybridized carbons (Fsp3) is 0.0625. The molecule has 5 heteroatoms. The molecule has 2 aromatic carbocycles. The Hall–Kier alpha value is -1.91. The second-order valence-electron chi connectivity index (χ2n) is 4.65. The van der Waals surface area contributed by atoms with Gasteiger partial charge in [0.1, 0.15) is 5.82 Å². The van der Waals surface area contributed by atoms with E-state index in [-0.39, 0.29) is 5.82 Å². The van der Waals surface area contributed by atoms with Crippen molar-refractivity contribution in [2.24, 2.45) is 0 Å². The normalized spacial score (nSPS) is 10.6. The van der Waals surface area contributed by atoms with Crippen LogP contribution in [0, 0.1) is 12.7 Å². The smallest absolute Gasteiger partial charge is 0.187 e. The molecule has 0 aliphatic heterocycles. The molecule has 0 saturated heterocycles. The van der Waals surface area contributed by atoms with Crippen molar-refractivity contribution in [2.75, 3.05) is 5.32 Å². The molecule has 0 aliphatic rings. The molecule has 3 rings (SSSR count). The molecule has 0 unspecified atom stereocenters. The third-order valence-electron chi connectivity index (χ3n) is 3.00. The quantitative estimate of drug-likeness (QED) is 0.674. The van der Waals surface area contributed by atoms with E-state index < -0.39 is 0 Å². The Morgan fingerprint density at radius 3 is 2.67 bits per heavy atom. The van der Waals surface area contributed by atoms with Gasteiger partial charge in [-0.15, -0.1) is 11.3 Å². The van der Waals surface area contributed by atoms with Crippen molar-refractivity contribution in [1.82, 2.24) is 4.98 Å². The van der Waals surface area contributed by atoms with Gasteiger partial charge in [-0.1, -0.05) is 23.2 Å². The maximum absolute atomic E-state index is 13.9. The Morgan fingerprint density at radius 2 is 1.90 bits per heavy atom. The lowest BCUT2D eigenvalue weighted by atomic mass is 10.1. The zero-order valence-electron chi connectivity index (χ0n) is 11.2. The molecule has 0 bridgehead atoms. The summed E-state index contributed by atoms with van der Waals surface area (Å²) in [5, 5.41) is 6.42. The van der Waals surface area contributed by atoms with Crippen LogP contribution in [-0.2, 0) is 0 Å². The van der Waals surface area contributed by atoms with E-state index in [0.717, 1.165) is 11.3 Å². The van der Waals surface area contributed by atoms with E-state index in [2.05, 4.69) is 10.3 Å². The number of benzene rings is 2. The van der Waals surface area contributed by atoms with Crippen molar-refractivity contribution >= 4 is 33.8 Å². The molecule has 0 saturated carbocycles. The number of nitrogens with one attached hydrogen (secondary N) is 1. The molecule has 21 heavy (non-hydrogen) atoms. The zero-order chi connectivity index (χ0) is 14.8. The number of halogens is 2.